The molecule has 3 heterocycles. The maximum absolute atomic E-state index is 13.9. The van der Waals surface area contributed by atoms with E-state index in [2.05, 4.69) is 35.7 Å². The van der Waals surface area contributed by atoms with Crippen molar-refractivity contribution in [1.82, 2.24) is 29.9 Å². The molecule has 2 N–H and O–H groups in total. The second kappa shape index (κ2) is 9.14. The molecule has 1 unspecified atom stereocenters. The Bertz CT molecular complexity index is 1480. The van der Waals surface area contributed by atoms with Gasteiger partial charge in [0.15, 0.2) is 0 Å². The lowest BCUT2D eigenvalue weighted by molar-refractivity contribution is -0.306. The van der Waals surface area contributed by atoms with Gasteiger partial charge in [-0.05, 0) is 36.3 Å². The lowest BCUT2D eigenvalue weighted by Gasteiger charge is -2.33. The molecule has 0 saturated carbocycles. The number of nitrogens with zero attached hydrogens (tertiary/aromatic N) is 5. The fourth-order valence-electron chi connectivity index (χ4n) is 4.31. The molecule has 1 atom stereocenters. The first-order valence-electron chi connectivity index (χ1n) is 11.0. The molecule has 0 saturated heterocycles. The van der Waals surface area contributed by atoms with E-state index < -0.39 is 46.6 Å². The Morgan fingerprint density at radius 3 is 2.50 bits per heavy atom. The van der Waals surface area contributed by atoms with E-state index in [-0.39, 0.29) is 52.6 Å². The van der Waals surface area contributed by atoms with E-state index in [1.807, 2.05) is 0 Å². The second-order valence-electron chi connectivity index (χ2n) is 8.40. The number of ether oxygens (including phenoxy) is 1. The fraction of sp³-hybridized carbons (Fsp3) is 0.333. The minimum atomic E-state index is -4.93. The third kappa shape index (κ3) is 4.97. The van der Waals surface area contributed by atoms with Crippen LogP contribution in [0.15, 0.2) is 52.8 Å². The average molecular weight is 561 g/mol. The van der Waals surface area contributed by atoms with Gasteiger partial charge in [-0.15, -0.1) is 23.4 Å². The van der Waals surface area contributed by atoms with Gasteiger partial charge in [0, 0.05) is 17.6 Å². The van der Waals surface area contributed by atoms with Gasteiger partial charge in [0.1, 0.15) is 17.3 Å². The number of H-pyrrole nitrogens is 1. The zero-order chi connectivity index (χ0) is 27.3. The summed E-state index contributed by atoms with van der Waals surface area (Å²) >= 11 is 0. The van der Waals surface area contributed by atoms with E-state index in [4.69, 9.17) is 0 Å². The zero-order valence-corrected chi connectivity index (χ0v) is 19.8. The number of nitrogens with one attached hydrogen (secondary N) is 2. The van der Waals surface area contributed by atoms with E-state index in [1.165, 1.54) is 0 Å². The van der Waals surface area contributed by atoms with E-state index in [0.717, 1.165) is 28.6 Å². The number of sulfonamides is 1. The number of pyridine rings is 1. The first-order chi connectivity index (χ1) is 17.8. The number of tetrazole rings is 1. The van der Waals surface area contributed by atoms with Gasteiger partial charge in [0.2, 0.25) is 5.82 Å². The topological polar surface area (TPSA) is 126 Å². The monoisotopic (exact) mass is 561 g/mol. The first-order valence-corrected chi connectivity index (χ1v) is 12.4. The van der Waals surface area contributed by atoms with E-state index in [9.17, 15) is 34.8 Å². The van der Waals surface area contributed by atoms with Crippen LogP contribution < -0.4 is 5.32 Å². The number of alkyl halides is 6. The van der Waals surface area contributed by atoms with Crippen molar-refractivity contribution in [3.8, 4) is 0 Å². The van der Waals surface area contributed by atoms with Crippen molar-refractivity contribution in [3.63, 3.8) is 0 Å². The van der Waals surface area contributed by atoms with Gasteiger partial charge in [-0.1, -0.05) is 18.2 Å². The number of fused-ring (bicyclic) bond motifs is 2. The Kier molecular flexibility index (Phi) is 6.19. The van der Waals surface area contributed by atoms with Crippen LogP contribution in [0, 0.1) is 0 Å². The number of halogens is 6. The molecule has 0 fully saturated rings. The molecule has 0 bridgehead atoms. The smallest absolute Gasteiger partial charge is 0.410 e. The van der Waals surface area contributed by atoms with Gasteiger partial charge in [-0.3, -0.25) is 4.31 Å². The Morgan fingerprint density at radius 1 is 1.08 bits per heavy atom. The third-order valence-electron chi connectivity index (χ3n) is 5.95. The molecular formula is C21H17F6N7O3S. The van der Waals surface area contributed by atoms with Crippen molar-refractivity contribution in [2.75, 3.05) is 5.32 Å². The first kappa shape index (κ1) is 25.7. The molecule has 2 aromatic heterocycles. The molecule has 17 heteroatoms. The number of rotatable bonds is 4. The van der Waals surface area contributed by atoms with Gasteiger partial charge in [-0.25, -0.2) is 13.4 Å². The molecule has 0 radical (unpaired) electrons. The summed E-state index contributed by atoms with van der Waals surface area (Å²) in [5.74, 6) is -0.564. The number of allylic oxidation sites excluding steroid dienone is 6. The maximum Gasteiger partial charge on any atom is 0.572 e. The predicted octanol–water partition coefficient (Wildman–Crippen LogP) is 4.01. The van der Waals surface area contributed by atoms with Crippen LogP contribution in [0.25, 0.3) is 5.57 Å². The van der Waals surface area contributed by atoms with E-state index >= 15 is 0 Å². The van der Waals surface area contributed by atoms with Crippen LogP contribution >= 0.6 is 0 Å². The molecule has 38 heavy (non-hydrogen) atoms. The third-order valence-corrected chi connectivity index (χ3v) is 7.86. The molecule has 0 aromatic carbocycles. The Labute approximate surface area is 210 Å². The molecule has 1 aliphatic heterocycles. The molecule has 0 amide bonds. The van der Waals surface area contributed by atoms with E-state index in [1.54, 1.807) is 12.2 Å². The summed E-state index contributed by atoms with van der Waals surface area (Å²) in [6.07, 6.45) is -4.92. The summed E-state index contributed by atoms with van der Waals surface area (Å²) in [5, 5.41) is 16.5. The molecule has 5 rings (SSSR count). The summed E-state index contributed by atoms with van der Waals surface area (Å²) in [6, 6.07) is 1.02. The van der Waals surface area contributed by atoms with Gasteiger partial charge < -0.3 is 10.1 Å². The number of anilines is 1. The van der Waals surface area contributed by atoms with Gasteiger partial charge >= 0.3 is 12.5 Å². The van der Waals surface area contributed by atoms with Crippen molar-refractivity contribution in [1.29, 1.82) is 0 Å². The SMILES string of the molecule is O=S(=O)(C1=CC=C(OC(F)(F)F)CC1)N1Cc2ccc(C(F)(F)F)nc2NC2CC=CC(c3nn[nH]n3)=C21. The second-order valence-corrected chi connectivity index (χ2v) is 10.3. The highest BCUT2D eigenvalue weighted by Crippen LogP contribution is 2.40. The highest BCUT2D eigenvalue weighted by molar-refractivity contribution is 7.93. The molecule has 2 aromatic rings. The standard InChI is InChI=1S/C21H17F6N7O3S/c22-20(23,24)16-9-4-11-10-34(38(35,36)13-7-5-12(6-8-13)37-21(25,26)27)17-14(19-30-32-33-31-19)2-1-3-15(17)28-18(11)29-16/h1-2,4-5,7,9,15H,3,6,8,10H2,(H,28,29)(H,30,31,32,33). The zero-order valence-electron chi connectivity index (χ0n) is 19.0. The summed E-state index contributed by atoms with van der Waals surface area (Å²) in [6.45, 7) is -0.413. The summed E-state index contributed by atoms with van der Waals surface area (Å²) in [7, 11) is -4.41. The van der Waals surface area contributed by atoms with Crippen LogP contribution in [0.3, 0.4) is 0 Å². The largest absolute Gasteiger partial charge is 0.572 e. The van der Waals surface area contributed by atoms with Crippen molar-refractivity contribution >= 4 is 21.4 Å². The van der Waals surface area contributed by atoms with Crippen LogP contribution in [0.5, 0.6) is 0 Å². The lowest BCUT2D eigenvalue weighted by Crippen LogP contribution is -2.38. The van der Waals surface area contributed by atoms with Gasteiger partial charge in [0.25, 0.3) is 10.0 Å². The Balaban J connectivity index is 1.63. The Hall–Kier alpha value is -3.89. The minimum absolute atomic E-state index is 0.0382. The Morgan fingerprint density at radius 2 is 1.87 bits per heavy atom. The molecular weight excluding hydrogens is 544 g/mol. The molecule has 2 aliphatic carbocycles. The maximum atomic E-state index is 13.9. The van der Waals surface area contributed by atoms with E-state index in [0.29, 0.717) is 0 Å². The van der Waals surface area contributed by atoms with Crippen LogP contribution in [0.2, 0.25) is 0 Å². The van der Waals surface area contributed by atoms with Crippen LogP contribution in [-0.2, 0) is 27.5 Å². The van der Waals surface area contributed by atoms with Gasteiger partial charge in [-0.2, -0.15) is 18.4 Å². The minimum Gasteiger partial charge on any atom is -0.410 e. The summed E-state index contributed by atoms with van der Waals surface area (Å²) < 4.78 is 111. The quantitative estimate of drug-likeness (QED) is 0.537. The van der Waals surface area contributed by atoms with Crippen molar-refractivity contribution in [2.24, 2.45) is 0 Å². The summed E-state index contributed by atoms with van der Waals surface area (Å²) in [4.78, 5) is 3.49. The van der Waals surface area contributed by atoms with Crippen molar-refractivity contribution in [3.05, 3.63) is 69.9 Å². The fourth-order valence-corrected chi connectivity index (χ4v) is 5.99. The number of aromatic nitrogens is 5. The number of hydrogen-bond acceptors (Lipinski definition) is 8. The molecule has 0 spiro atoms. The molecule has 3 aliphatic rings. The normalized spacial score (nSPS) is 20.2. The van der Waals surface area contributed by atoms with Crippen LogP contribution in [0.4, 0.5) is 32.2 Å². The molecule has 10 nitrogen and oxygen atoms in total. The summed E-state index contributed by atoms with van der Waals surface area (Å²) in [5.41, 5.74) is -0.637. The average Bonchev–Trinajstić information content (AvgIpc) is 3.30. The van der Waals surface area contributed by atoms with Crippen LogP contribution in [0.1, 0.15) is 36.3 Å². The highest BCUT2D eigenvalue weighted by atomic mass is 32.2. The van der Waals surface area contributed by atoms with Crippen molar-refractivity contribution < 1.29 is 39.5 Å². The predicted molar refractivity (Wildman–Crippen MR) is 119 cm³/mol. The molecule has 202 valence electrons. The van der Waals surface area contributed by atoms with Crippen molar-refractivity contribution in [2.45, 2.75) is 44.4 Å². The highest BCUT2D eigenvalue weighted by Gasteiger charge is 2.41. The number of aromatic amines is 1. The lowest BCUT2D eigenvalue weighted by atomic mass is 9.98. The number of hydrogen-bond donors (Lipinski definition) is 2. The van der Waals surface area contributed by atoms with Crippen LogP contribution in [-0.4, -0.2) is 50.7 Å². The van der Waals surface area contributed by atoms with Gasteiger partial charge in [0.05, 0.1) is 23.2 Å².